The van der Waals surface area contributed by atoms with Crippen molar-refractivity contribution >= 4 is 17.7 Å². The minimum atomic E-state index is -0.000278. The van der Waals surface area contributed by atoms with Crippen molar-refractivity contribution in [3.05, 3.63) is 0 Å². The van der Waals surface area contributed by atoms with E-state index < -0.39 is 0 Å². The molecule has 3 heteroatoms. The molecule has 0 aliphatic carbocycles. The zero-order valence-electron chi connectivity index (χ0n) is 6.84. The lowest BCUT2D eigenvalue weighted by atomic mass is 10.1. The Kier molecular flexibility index (Phi) is 3.77. The number of carbonyl (C=O) groups is 1. The summed E-state index contributed by atoms with van der Waals surface area (Å²) in [5.41, 5.74) is 0. The third-order valence-electron chi connectivity index (χ3n) is 1.78. The van der Waals surface area contributed by atoms with Crippen LogP contribution in [0.2, 0.25) is 0 Å². The average molecular weight is 174 g/mol. The van der Waals surface area contributed by atoms with Crippen LogP contribution in [-0.4, -0.2) is 24.1 Å². The Bertz CT molecular complexity index is 130. The molecule has 0 aromatic heterocycles. The maximum atomic E-state index is 11.2. The van der Waals surface area contributed by atoms with Crippen LogP contribution < -0.4 is 0 Å². The molecule has 0 amide bonds. The van der Waals surface area contributed by atoms with Crippen LogP contribution in [0.25, 0.3) is 0 Å². The van der Waals surface area contributed by atoms with E-state index in [-0.39, 0.29) is 11.9 Å². The Morgan fingerprint density at radius 1 is 1.73 bits per heavy atom. The molecule has 1 saturated heterocycles. The maximum absolute atomic E-state index is 11.2. The number of hydrogen-bond acceptors (Lipinski definition) is 3. The van der Waals surface area contributed by atoms with Gasteiger partial charge in [0, 0.05) is 5.75 Å². The standard InChI is InChI=1S/C8H14O2S/c1-2-10-8(9)7-4-3-5-11-6-7/h7H,2-6H2,1H3/t7-/m1/s1. The van der Waals surface area contributed by atoms with Gasteiger partial charge in [-0.05, 0) is 25.5 Å². The van der Waals surface area contributed by atoms with Gasteiger partial charge in [0.1, 0.15) is 0 Å². The first kappa shape index (κ1) is 8.91. The summed E-state index contributed by atoms with van der Waals surface area (Å²) in [6.07, 6.45) is 2.18. The topological polar surface area (TPSA) is 26.3 Å². The molecule has 11 heavy (non-hydrogen) atoms. The van der Waals surface area contributed by atoms with E-state index in [1.54, 1.807) is 0 Å². The maximum Gasteiger partial charge on any atom is 0.309 e. The molecule has 1 rings (SSSR count). The summed E-state index contributed by atoms with van der Waals surface area (Å²) >= 11 is 1.86. The summed E-state index contributed by atoms with van der Waals surface area (Å²) in [7, 11) is 0. The quantitative estimate of drug-likeness (QED) is 0.596. The van der Waals surface area contributed by atoms with E-state index in [1.165, 1.54) is 5.75 Å². The first-order valence-electron chi connectivity index (χ1n) is 4.09. The summed E-state index contributed by atoms with van der Waals surface area (Å²) in [5, 5.41) is 0. The molecule has 64 valence electrons. The fourth-order valence-corrected chi connectivity index (χ4v) is 2.31. The minimum absolute atomic E-state index is 0.000278. The molecule has 1 fully saturated rings. The monoisotopic (exact) mass is 174 g/mol. The van der Waals surface area contributed by atoms with Crippen molar-refractivity contribution in [3.8, 4) is 0 Å². The zero-order chi connectivity index (χ0) is 8.10. The van der Waals surface area contributed by atoms with Gasteiger partial charge in [-0.1, -0.05) is 0 Å². The minimum Gasteiger partial charge on any atom is -0.466 e. The van der Waals surface area contributed by atoms with Gasteiger partial charge in [-0.25, -0.2) is 0 Å². The fourth-order valence-electron chi connectivity index (χ4n) is 1.19. The van der Waals surface area contributed by atoms with Crippen molar-refractivity contribution in [2.45, 2.75) is 19.8 Å². The molecule has 1 aliphatic rings. The Morgan fingerprint density at radius 3 is 3.09 bits per heavy atom. The van der Waals surface area contributed by atoms with Crippen LogP contribution in [0.5, 0.6) is 0 Å². The van der Waals surface area contributed by atoms with Crippen LogP contribution in [0, 0.1) is 5.92 Å². The lowest BCUT2D eigenvalue weighted by Gasteiger charge is -2.18. The van der Waals surface area contributed by atoms with E-state index in [2.05, 4.69) is 0 Å². The van der Waals surface area contributed by atoms with Crippen LogP contribution in [0.15, 0.2) is 0 Å². The highest BCUT2D eigenvalue weighted by atomic mass is 32.2. The van der Waals surface area contributed by atoms with Crippen molar-refractivity contribution in [3.63, 3.8) is 0 Å². The molecule has 1 atom stereocenters. The molecule has 2 nitrogen and oxygen atoms in total. The van der Waals surface area contributed by atoms with Gasteiger partial charge in [-0.3, -0.25) is 4.79 Å². The molecular formula is C8H14O2S. The lowest BCUT2D eigenvalue weighted by Crippen LogP contribution is -2.22. The number of thioether (sulfide) groups is 1. The summed E-state index contributed by atoms with van der Waals surface area (Å²) < 4.78 is 4.93. The van der Waals surface area contributed by atoms with Gasteiger partial charge in [-0.15, -0.1) is 0 Å². The Labute approximate surface area is 71.7 Å². The zero-order valence-corrected chi connectivity index (χ0v) is 7.65. The molecule has 0 N–H and O–H groups in total. The highest BCUT2D eigenvalue weighted by molar-refractivity contribution is 7.99. The smallest absolute Gasteiger partial charge is 0.309 e. The highest BCUT2D eigenvalue weighted by Crippen LogP contribution is 2.23. The van der Waals surface area contributed by atoms with E-state index in [1.807, 2.05) is 18.7 Å². The van der Waals surface area contributed by atoms with Crippen molar-refractivity contribution in [2.75, 3.05) is 18.1 Å². The molecule has 0 bridgehead atoms. The molecule has 0 aromatic carbocycles. The average Bonchev–Trinajstić information content (AvgIpc) is 2.07. The van der Waals surface area contributed by atoms with Crippen LogP contribution in [0.1, 0.15) is 19.8 Å². The first-order chi connectivity index (χ1) is 5.34. The van der Waals surface area contributed by atoms with Crippen LogP contribution >= 0.6 is 11.8 Å². The van der Waals surface area contributed by atoms with Crippen LogP contribution in [-0.2, 0) is 9.53 Å². The van der Waals surface area contributed by atoms with Crippen LogP contribution in [0.3, 0.4) is 0 Å². The second-order valence-corrected chi connectivity index (χ2v) is 3.82. The predicted molar refractivity (Wildman–Crippen MR) is 46.7 cm³/mol. The summed E-state index contributed by atoms with van der Waals surface area (Å²) in [6, 6.07) is 0. The summed E-state index contributed by atoms with van der Waals surface area (Å²) in [4.78, 5) is 11.2. The van der Waals surface area contributed by atoms with Crippen molar-refractivity contribution in [2.24, 2.45) is 5.92 Å². The Hall–Kier alpha value is -0.180. The normalized spacial score (nSPS) is 24.6. The summed E-state index contributed by atoms with van der Waals surface area (Å²) in [5.74, 6) is 2.34. The van der Waals surface area contributed by atoms with Gasteiger partial charge < -0.3 is 4.74 Å². The van der Waals surface area contributed by atoms with Crippen LogP contribution in [0.4, 0.5) is 0 Å². The number of esters is 1. The van der Waals surface area contributed by atoms with Gasteiger partial charge in [0.15, 0.2) is 0 Å². The third-order valence-corrected chi connectivity index (χ3v) is 3.00. The van der Waals surface area contributed by atoms with E-state index in [4.69, 9.17) is 4.74 Å². The molecule has 0 aromatic rings. The predicted octanol–water partition coefficient (Wildman–Crippen LogP) is 1.69. The van der Waals surface area contributed by atoms with Gasteiger partial charge in [0.25, 0.3) is 0 Å². The lowest BCUT2D eigenvalue weighted by molar-refractivity contribution is -0.147. The molecule has 0 saturated carbocycles. The molecule has 1 aliphatic heterocycles. The number of hydrogen-bond donors (Lipinski definition) is 0. The van der Waals surface area contributed by atoms with Crippen molar-refractivity contribution < 1.29 is 9.53 Å². The second-order valence-electron chi connectivity index (χ2n) is 2.67. The van der Waals surface area contributed by atoms with E-state index in [0.717, 1.165) is 18.6 Å². The number of ether oxygens (including phenoxy) is 1. The second kappa shape index (κ2) is 4.65. The SMILES string of the molecule is CCOC(=O)[C@@H]1CCCSC1. The fraction of sp³-hybridized carbons (Fsp3) is 0.875. The Morgan fingerprint density at radius 2 is 2.55 bits per heavy atom. The van der Waals surface area contributed by atoms with E-state index in [9.17, 15) is 4.79 Å². The van der Waals surface area contributed by atoms with Crippen molar-refractivity contribution in [1.82, 2.24) is 0 Å². The third kappa shape index (κ3) is 2.73. The van der Waals surface area contributed by atoms with E-state index in [0.29, 0.717) is 6.61 Å². The molecule has 0 spiro atoms. The van der Waals surface area contributed by atoms with Gasteiger partial charge in [0.05, 0.1) is 12.5 Å². The number of rotatable bonds is 2. The molecule has 0 radical (unpaired) electrons. The van der Waals surface area contributed by atoms with Gasteiger partial charge in [0.2, 0.25) is 0 Å². The Balaban J connectivity index is 2.27. The molecule has 0 unspecified atom stereocenters. The first-order valence-corrected chi connectivity index (χ1v) is 5.24. The van der Waals surface area contributed by atoms with Gasteiger partial charge in [-0.2, -0.15) is 11.8 Å². The molecule has 1 heterocycles. The van der Waals surface area contributed by atoms with Gasteiger partial charge >= 0.3 is 5.97 Å². The largest absolute Gasteiger partial charge is 0.466 e. The highest BCUT2D eigenvalue weighted by Gasteiger charge is 2.21. The van der Waals surface area contributed by atoms with E-state index >= 15 is 0 Å². The summed E-state index contributed by atoms with van der Waals surface area (Å²) in [6.45, 7) is 2.37. The molecular weight excluding hydrogens is 160 g/mol. The van der Waals surface area contributed by atoms with Crippen molar-refractivity contribution in [1.29, 1.82) is 0 Å². The number of carbonyl (C=O) groups excluding carboxylic acids is 1.